The standard InChI is InChI=1S/C6H8N2O3/c1-7-2-4-3-8-11-5(4)6(9)10/h3,7H,2H2,1H3,(H,9,10). The molecule has 0 spiro atoms. The number of nitrogens with zero attached hydrogens (tertiary/aromatic N) is 1. The summed E-state index contributed by atoms with van der Waals surface area (Å²) >= 11 is 0. The molecule has 11 heavy (non-hydrogen) atoms. The smallest absolute Gasteiger partial charge is 0.375 e. The van der Waals surface area contributed by atoms with E-state index in [1.165, 1.54) is 6.20 Å². The van der Waals surface area contributed by atoms with Crippen molar-refractivity contribution in [1.29, 1.82) is 0 Å². The Morgan fingerprint density at radius 2 is 2.64 bits per heavy atom. The van der Waals surface area contributed by atoms with Gasteiger partial charge in [-0.1, -0.05) is 5.16 Å². The van der Waals surface area contributed by atoms with Gasteiger partial charge < -0.3 is 14.9 Å². The summed E-state index contributed by atoms with van der Waals surface area (Å²) in [5, 5.41) is 14.7. The van der Waals surface area contributed by atoms with Crippen LogP contribution in [0.3, 0.4) is 0 Å². The quantitative estimate of drug-likeness (QED) is 0.648. The number of carboxylic acids is 1. The van der Waals surface area contributed by atoms with E-state index in [1.807, 2.05) is 0 Å². The van der Waals surface area contributed by atoms with Crippen LogP contribution in [0.25, 0.3) is 0 Å². The Balaban J connectivity index is 2.87. The Kier molecular flexibility index (Phi) is 2.22. The van der Waals surface area contributed by atoms with Crippen LogP contribution >= 0.6 is 0 Å². The van der Waals surface area contributed by atoms with E-state index in [-0.39, 0.29) is 5.76 Å². The Morgan fingerprint density at radius 3 is 3.18 bits per heavy atom. The lowest BCUT2D eigenvalue weighted by Gasteiger charge is -1.93. The minimum atomic E-state index is -1.09. The zero-order valence-electron chi connectivity index (χ0n) is 6.00. The molecule has 0 amide bonds. The minimum absolute atomic E-state index is 0.0978. The van der Waals surface area contributed by atoms with Crippen LogP contribution in [-0.4, -0.2) is 23.3 Å². The number of aromatic carboxylic acids is 1. The maximum absolute atomic E-state index is 10.4. The summed E-state index contributed by atoms with van der Waals surface area (Å²) in [7, 11) is 1.72. The van der Waals surface area contributed by atoms with Gasteiger partial charge in [-0.2, -0.15) is 0 Å². The van der Waals surface area contributed by atoms with Crippen LogP contribution in [0.4, 0.5) is 0 Å². The Morgan fingerprint density at radius 1 is 1.91 bits per heavy atom. The monoisotopic (exact) mass is 156 g/mol. The molecular weight excluding hydrogens is 148 g/mol. The zero-order chi connectivity index (χ0) is 8.27. The molecule has 0 aliphatic heterocycles. The summed E-state index contributed by atoms with van der Waals surface area (Å²) in [5.74, 6) is -1.19. The maximum atomic E-state index is 10.4. The van der Waals surface area contributed by atoms with Crippen molar-refractivity contribution in [2.45, 2.75) is 6.54 Å². The van der Waals surface area contributed by atoms with Gasteiger partial charge in [0.2, 0.25) is 5.76 Å². The van der Waals surface area contributed by atoms with E-state index in [0.717, 1.165) is 0 Å². The highest BCUT2D eigenvalue weighted by molar-refractivity contribution is 5.85. The Labute approximate surface area is 63.0 Å². The van der Waals surface area contributed by atoms with Crippen LogP contribution in [0.15, 0.2) is 10.7 Å². The normalized spacial score (nSPS) is 9.91. The summed E-state index contributed by atoms with van der Waals surface area (Å²) in [5.41, 5.74) is 0.556. The molecule has 0 aliphatic carbocycles. The first-order valence-corrected chi connectivity index (χ1v) is 3.07. The van der Waals surface area contributed by atoms with Crippen molar-refractivity contribution in [3.05, 3.63) is 17.5 Å². The summed E-state index contributed by atoms with van der Waals surface area (Å²) in [6, 6.07) is 0. The SMILES string of the molecule is CNCc1cnoc1C(=O)O. The topological polar surface area (TPSA) is 75.4 Å². The van der Waals surface area contributed by atoms with Crippen molar-refractivity contribution in [3.63, 3.8) is 0 Å². The second kappa shape index (κ2) is 3.16. The zero-order valence-corrected chi connectivity index (χ0v) is 6.00. The number of aromatic nitrogens is 1. The molecule has 1 aromatic heterocycles. The van der Waals surface area contributed by atoms with E-state index in [0.29, 0.717) is 12.1 Å². The van der Waals surface area contributed by atoms with Gasteiger partial charge in [-0.25, -0.2) is 4.79 Å². The second-order valence-electron chi connectivity index (χ2n) is 2.02. The van der Waals surface area contributed by atoms with E-state index in [4.69, 9.17) is 5.11 Å². The van der Waals surface area contributed by atoms with Gasteiger partial charge in [0, 0.05) is 12.1 Å². The van der Waals surface area contributed by atoms with Crippen LogP contribution in [0, 0.1) is 0 Å². The van der Waals surface area contributed by atoms with Gasteiger partial charge >= 0.3 is 5.97 Å². The first kappa shape index (κ1) is 7.74. The van der Waals surface area contributed by atoms with Gasteiger partial charge in [0.25, 0.3) is 0 Å². The predicted molar refractivity (Wildman–Crippen MR) is 36.2 cm³/mol. The molecular formula is C6H8N2O3. The molecule has 0 radical (unpaired) electrons. The van der Waals surface area contributed by atoms with Gasteiger partial charge in [-0.05, 0) is 7.05 Å². The summed E-state index contributed by atoms with van der Waals surface area (Å²) < 4.78 is 4.49. The van der Waals surface area contributed by atoms with Crippen LogP contribution in [-0.2, 0) is 6.54 Å². The molecule has 0 aromatic carbocycles. The second-order valence-corrected chi connectivity index (χ2v) is 2.02. The molecule has 0 saturated carbocycles. The van der Waals surface area contributed by atoms with Crippen LogP contribution < -0.4 is 5.32 Å². The molecule has 0 fully saturated rings. The van der Waals surface area contributed by atoms with Gasteiger partial charge in [0.15, 0.2) is 0 Å². The highest BCUT2D eigenvalue weighted by atomic mass is 16.5. The van der Waals surface area contributed by atoms with E-state index in [9.17, 15) is 4.79 Å². The van der Waals surface area contributed by atoms with Crippen LogP contribution in [0.1, 0.15) is 16.1 Å². The molecule has 0 aliphatic rings. The molecule has 1 aromatic rings. The number of hydrogen-bond acceptors (Lipinski definition) is 4. The summed E-state index contributed by atoms with van der Waals surface area (Å²) in [6.07, 6.45) is 1.39. The lowest BCUT2D eigenvalue weighted by molar-refractivity contribution is 0.0650. The number of carbonyl (C=O) groups is 1. The third-order valence-electron chi connectivity index (χ3n) is 1.21. The highest BCUT2D eigenvalue weighted by Gasteiger charge is 2.13. The van der Waals surface area contributed by atoms with Crippen molar-refractivity contribution in [1.82, 2.24) is 10.5 Å². The predicted octanol–water partition coefficient (Wildman–Crippen LogP) is 0.0922. The lowest BCUT2D eigenvalue weighted by atomic mass is 10.2. The molecule has 0 bridgehead atoms. The third-order valence-corrected chi connectivity index (χ3v) is 1.21. The summed E-state index contributed by atoms with van der Waals surface area (Å²) in [6.45, 7) is 0.450. The number of nitrogens with one attached hydrogen (secondary N) is 1. The Bertz CT molecular complexity index is 256. The molecule has 0 unspecified atom stereocenters. The van der Waals surface area contributed by atoms with Crippen LogP contribution in [0.2, 0.25) is 0 Å². The molecule has 0 atom stereocenters. The van der Waals surface area contributed by atoms with Crippen molar-refractivity contribution < 1.29 is 14.4 Å². The number of rotatable bonds is 3. The van der Waals surface area contributed by atoms with E-state index >= 15 is 0 Å². The van der Waals surface area contributed by atoms with Gasteiger partial charge in [-0.3, -0.25) is 0 Å². The first-order chi connectivity index (χ1) is 5.25. The maximum Gasteiger partial charge on any atom is 0.375 e. The fraction of sp³-hybridized carbons (Fsp3) is 0.333. The molecule has 5 nitrogen and oxygen atoms in total. The van der Waals surface area contributed by atoms with E-state index < -0.39 is 5.97 Å². The van der Waals surface area contributed by atoms with Crippen molar-refractivity contribution in [2.75, 3.05) is 7.05 Å². The number of carboxylic acid groups (broad SMARTS) is 1. The van der Waals surface area contributed by atoms with Gasteiger partial charge in [-0.15, -0.1) is 0 Å². The molecule has 60 valence electrons. The fourth-order valence-electron chi connectivity index (χ4n) is 0.753. The average molecular weight is 156 g/mol. The third kappa shape index (κ3) is 1.56. The Hall–Kier alpha value is -1.36. The highest BCUT2D eigenvalue weighted by Crippen LogP contribution is 2.06. The molecule has 5 heteroatoms. The molecule has 1 heterocycles. The lowest BCUT2D eigenvalue weighted by Crippen LogP contribution is -2.08. The van der Waals surface area contributed by atoms with E-state index in [1.54, 1.807) is 7.05 Å². The van der Waals surface area contributed by atoms with Gasteiger partial charge in [0.05, 0.1) is 6.20 Å². The first-order valence-electron chi connectivity index (χ1n) is 3.07. The fourth-order valence-corrected chi connectivity index (χ4v) is 0.753. The average Bonchev–Trinajstić information content (AvgIpc) is 2.36. The van der Waals surface area contributed by atoms with Crippen LogP contribution in [0.5, 0.6) is 0 Å². The number of hydrogen-bond donors (Lipinski definition) is 2. The molecule has 1 rings (SSSR count). The molecule has 0 saturated heterocycles. The van der Waals surface area contributed by atoms with Gasteiger partial charge in [0.1, 0.15) is 0 Å². The summed E-state index contributed by atoms with van der Waals surface area (Å²) in [4.78, 5) is 10.4. The minimum Gasteiger partial charge on any atom is -0.475 e. The van der Waals surface area contributed by atoms with Crippen molar-refractivity contribution >= 4 is 5.97 Å². The largest absolute Gasteiger partial charge is 0.475 e. The molecule has 2 N–H and O–H groups in total. The van der Waals surface area contributed by atoms with E-state index in [2.05, 4.69) is 15.0 Å². The van der Waals surface area contributed by atoms with Crippen molar-refractivity contribution in [3.8, 4) is 0 Å². The van der Waals surface area contributed by atoms with Crippen molar-refractivity contribution in [2.24, 2.45) is 0 Å².